The number of nitro groups is 1. The number of rotatable bonds is 5. The number of nitrogens with zero attached hydrogens (tertiary/aromatic N) is 1. The van der Waals surface area contributed by atoms with Crippen molar-refractivity contribution < 1.29 is 9.72 Å². The van der Waals surface area contributed by atoms with Crippen LogP contribution in [0.3, 0.4) is 0 Å². The Hall–Kier alpha value is -3.15. The Morgan fingerprint density at radius 1 is 1.20 bits per heavy atom. The zero-order valence-corrected chi connectivity index (χ0v) is 14.1. The lowest BCUT2D eigenvalue weighted by atomic mass is 10.1. The number of nitrogens with one attached hydrogen (secondary N) is 2. The number of hydrogen-bond acceptors (Lipinski definition) is 3. The standard InChI is InChI=1S/C19H19N3O3/c1-12-11-14(7-8-18(12)22(24)25)19(23)20-10-9-15-13(2)21-17-6-4-3-5-16(15)17/h3-8,11,21H,9-10H2,1-2H3,(H,20,23). The molecule has 1 heterocycles. The molecule has 0 fully saturated rings. The quantitative estimate of drug-likeness (QED) is 0.550. The van der Waals surface area contributed by atoms with E-state index < -0.39 is 4.92 Å². The van der Waals surface area contributed by atoms with Crippen LogP contribution in [0.25, 0.3) is 10.9 Å². The summed E-state index contributed by atoms with van der Waals surface area (Å²) in [6.07, 6.45) is 0.716. The topological polar surface area (TPSA) is 88.0 Å². The average molecular weight is 337 g/mol. The fourth-order valence-corrected chi connectivity index (χ4v) is 3.06. The van der Waals surface area contributed by atoms with Gasteiger partial charge in [0.15, 0.2) is 0 Å². The number of fused-ring (bicyclic) bond motifs is 1. The van der Waals surface area contributed by atoms with Crippen LogP contribution in [0, 0.1) is 24.0 Å². The number of aromatic amines is 1. The molecule has 25 heavy (non-hydrogen) atoms. The molecule has 0 unspecified atom stereocenters. The second kappa shape index (κ2) is 6.76. The smallest absolute Gasteiger partial charge is 0.272 e. The van der Waals surface area contributed by atoms with Crippen molar-refractivity contribution in [3.05, 3.63) is 75.0 Å². The Kier molecular flexibility index (Phi) is 4.52. The highest BCUT2D eigenvalue weighted by Crippen LogP contribution is 2.22. The Morgan fingerprint density at radius 3 is 2.68 bits per heavy atom. The molecule has 3 rings (SSSR count). The van der Waals surface area contributed by atoms with E-state index in [2.05, 4.69) is 16.4 Å². The lowest BCUT2D eigenvalue weighted by molar-refractivity contribution is -0.385. The van der Waals surface area contributed by atoms with Crippen LogP contribution in [0.2, 0.25) is 0 Å². The molecule has 0 aliphatic carbocycles. The lowest BCUT2D eigenvalue weighted by Crippen LogP contribution is -2.25. The van der Waals surface area contributed by atoms with Gasteiger partial charge in [0.05, 0.1) is 4.92 Å². The Labute approximate surface area is 145 Å². The number of amides is 1. The molecule has 6 nitrogen and oxygen atoms in total. The van der Waals surface area contributed by atoms with Crippen molar-refractivity contribution in [3.63, 3.8) is 0 Å². The first kappa shape index (κ1) is 16.7. The minimum Gasteiger partial charge on any atom is -0.358 e. The van der Waals surface area contributed by atoms with Crippen molar-refractivity contribution >= 4 is 22.5 Å². The van der Waals surface area contributed by atoms with E-state index in [1.165, 1.54) is 23.1 Å². The van der Waals surface area contributed by atoms with Gasteiger partial charge in [0.1, 0.15) is 0 Å². The molecule has 0 spiro atoms. The third-order valence-corrected chi connectivity index (χ3v) is 4.34. The summed E-state index contributed by atoms with van der Waals surface area (Å²) in [7, 11) is 0. The highest BCUT2D eigenvalue weighted by Gasteiger charge is 2.14. The van der Waals surface area contributed by atoms with E-state index in [0.29, 0.717) is 24.1 Å². The number of benzene rings is 2. The van der Waals surface area contributed by atoms with Gasteiger partial charge < -0.3 is 10.3 Å². The highest BCUT2D eigenvalue weighted by atomic mass is 16.6. The summed E-state index contributed by atoms with van der Waals surface area (Å²) in [5, 5.41) is 14.9. The molecule has 0 aliphatic rings. The van der Waals surface area contributed by atoms with Crippen LogP contribution in [0.15, 0.2) is 42.5 Å². The fourth-order valence-electron chi connectivity index (χ4n) is 3.06. The largest absolute Gasteiger partial charge is 0.358 e. The Morgan fingerprint density at radius 2 is 1.96 bits per heavy atom. The average Bonchev–Trinajstić information content (AvgIpc) is 2.90. The zero-order valence-electron chi connectivity index (χ0n) is 14.1. The summed E-state index contributed by atoms with van der Waals surface area (Å²) >= 11 is 0. The molecule has 0 aliphatic heterocycles. The summed E-state index contributed by atoms with van der Waals surface area (Å²) in [4.78, 5) is 26.0. The third-order valence-electron chi connectivity index (χ3n) is 4.34. The molecule has 1 amide bonds. The number of aromatic nitrogens is 1. The maximum absolute atomic E-state index is 12.3. The van der Waals surface area contributed by atoms with E-state index in [4.69, 9.17) is 0 Å². The first-order chi connectivity index (χ1) is 12.0. The van der Waals surface area contributed by atoms with Gasteiger partial charge in [-0.1, -0.05) is 18.2 Å². The summed E-state index contributed by atoms with van der Waals surface area (Å²) in [6, 6.07) is 12.5. The molecular weight excluding hydrogens is 318 g/mol. The van der Waals surface area contributed by atoms with Crippen LogP contribution in [0.5, 0.6) is 0 Å². The van der Waals surface area contributed by atoms with Crippen molar-refractivity contribution in [2.75, 3.05) is 6.54 Å². The van der Waals surface area contributed by atoms with Crippen LogP contribution < -0.4 is 5.32 Å². The van der Waals surface area contributed by atoms with Crippen molar-refractivity contribution in [1.82, 2.24) is 10.3 Å². The Balaban J connectivity index is 1.67. The number of aryl methyl sites for hydroxylation is 2. The molecule has 0 radical (unpaired) electrons. The first-order valence-electron chi connectivity index (χ1n) is 8.07. The summed E-state index contributed by atoms with van der Waals surface area (Å²) in [5.41, 5.74) is 4.31. The molecule has 0 saturated heterocycles. The second-order valence-electron chi connectivity index (χ2n) is 6.04. The van der Waals surface area contributed by atoms with Crippen molar-refractivity contribution in [2.24, 2.45) is 0 Å². The number of carbonyl (C=O) groups excluding carboxylic acids is 1. The van der Waals surface area contributed by atoms with Crippen LogP contribution >= 0.6 is 0 Å². The molecule has 3 aromatic rings. The summed E-state index contributed by atoms with van der Waals surface area (Å²) in [6.45, 7) is 4.15. The summed E-state index contributed by atoms with van der Waals surface area (Å²) < 4.78 is 0. The minimum atomic E-state index is -0.448. The van der Waals surface area contributed by atoms with Gasteiger partial charge >= 0.3 is 0 Å². The Bertz CT molecular complexity index is 960. The van der Waals surface area contributed by atoms with Crippen LogP contribution in [-0.4, -0.2) is 22.4 Å². The third kappa shape index (κ3) is 3.38. The van der Waals surface area contributed by atoms with E-state index in [1.54, 1.807) is 13.0 Å². The van der Waals surface area contributed by atoms with Crippen LogP contribution in [-0.2, 0) is 6.42 Å². The van der Waals surface area contributed by atoms with E-state index in [9.17, 15) is 14.9 Å². The highest BCUT2D eigenvalue weighted by molar-refractivity contribution is 5.94. The van der Waals surface area contributed by atoms with Crippen molar-refractivity contribution in [2.45, 2.75) is 20.3 Å². The number of H-pyrrole nitrogens is 1. The molecule has 6 heteroatoms. The van der Waals surface area contributed by atoms with Crippen molar-refractivity contribution in [1.29, 1.82) is 0 Å². The normalized spacial score (nSPS) is 10.8. The maximum atomic E-state index is 12.3. The van der Waals surface area contributed by atoms with Crippen LogP contribution in [0.4, 0.5) is 5.69 Å². The minimum absolute atomic E-state index is 0.0194. The fraction of sp³-hybridized carbons (Fsp3) is 0.211. The number of para-hydroxylation sites is 1. The molecular formula is C19H19N3O3. The van der Waals surface area contributed by atoms with Gasteiger partial charge in [0.25, 0.3) is 11.6 Å². The SMILES string of the molecule is Cc1cc(C(=O)NCCc2c(C)[nH]c3ccccc23)ccc1[N+](=O)[O-]. The van der Waals surface area contributed by atoms with Gasteiger partial charge in [-0.05, 0) is 44.0 Å². The molecule has 0 atom stereocenters. The molecule has 2 aromatic carbocycles. The van der Waals surface area contributed by atoms with Crippen LogP contribution in [0.1, 0.15) is 27.2 Å². The van der Waals surface area contributed by atoms with Gasteiger partial charge in [-0.2, -0.15) is 0 Å². The monoisotopic (exact) mass is 337 g/mol. The molecule has 1 aromatic heterocycles. The predicted molar refractivity (Wildman–Crippen MR) is 96.9 cm³/mol. The van der Waals surface area contributed by atoms with Gasteiger partial charge in [-0.25, -0.2) is 0 Å². The van der Waals surface area contributed by atoms with E-state index in [-0.39, 0.29) is 11.6 Å². The summed E-state index contributed by atoms with van der Waals surface area (Å²) in [5.74, 6) is -0.226. The first-order valence-corrected chi connectivity index (χ1v) is 8.07. The number of nitro benzene ring substituents is 1. The number of hydrogen-bond donors (Lipinski definition) is 2. The molecule has 0 saturated carbocycles. The molecule has 128 valence electrons. The van der Waals surface area contributed by atoms with Crippen molar-refractivity contribution in [3.8, 4) is 0 Å². The maximum Gasteiger partial charge on any atom is 0.272 e. The van der Waals surface area contributed by atoms with E-state index in [1.807, 2.05) is 25.1 Å². The van der Waals surface area contributed by atoms with E-state index in [0.717, 1.165) is 11.2 Å². The van der Waals surface area contributed by atoms with Gasteiger partial charge in [-0.3, -0.25) is 14.9 Å². The number of carbonyl (C=O) groups is 1. The molecule has 2 N–H and O–H groups in total. The van der Waals surface area contributed by atoms with Gasteiger partial charge in [-0.15, -0.1) is 0 Å². The zero-order chi connectivity index (χ0) is 18.0. The lowest BCUT2D eigenvalue weighted by Gasteiger charge is -2.07. The van der Waals surface area contributed by atoms with Gasteiger partial charge in [0, 0.05) is 40.3 Å². The van der Waals surface area contributed by atoms with Gasteiger partial charge in [0.2, 0.25) is 0 Å². The second-order valence-corrected chi connectivity index (χ2v) is 6.04. The predicted octanol–water partition coefficient (Wildman–Crippen LogP) is 3.67. The van der Waals surface area contributed by atoms with E-state index >= 15 is 0 Å². The molecule has 0 bridgehead atoms.